The maximum atomic E-state index is 12.3. The monoisotopic (exact) mass is 378 g/mol. The highest BCUT2D eigenvalue weighted by Crippen LogP contribution is 2.29. The van der Waals surface area contributed by atoms with Gasteiger partial charge in [-0.2, -0.15) is 0 Å². The Hall–Kier alpha value is -2.37. The Kier molecular flexibility index (Phi) is 7.57. The highest BCUT2D eigenvalue weighted by Gasteiger charge is 2.36. The largest absolute Gasteiger partial charge is 0.478 e. The molecular weight excluding hydrogens is 348 g/mol. The van der Waals surface area contributed by atoms with Crippen LogP contribution in [0, 0.1) is 10.8 Å². The lowest BCUT2D eigenvalue weighted by molar-refractivity contribution is -0.172. The topological polar surface area (TPSA) is 89.9 Å². The fourth-order valence-corrected chi connectivity index (χ4v) is 2.28. The molecule has 0 saturated carbocycles. The van der Waals surface area contributed by atoms with E-state index in [1.165, 1.54) is 0 Å². The van der Waals surface area contributed by atoms with Crippen LogP contribution in [0.15, 0.2) is 30.3 Å². The lowest BCUT2D eigenvalue weighted by atomic mass is 9.89. The van der Waals surface area contributed by atoms with Crippen molar-refractivity contribution < 1.29 is 29.0 Å². The molecule has 0 heterocycles. The van der Waals surface area contributed by atoms with Gasteiger partial charge >= 0.3 is 17.9 Å². The lowest BCUT2D eigenvalue weighted by Gasteiger charge is -2.27. The maximum absolute atomic E-state index is 12.3. The molecule has 0 aliphatic rings. The van der Waals surface area contributed by atoms with Crippen LogP contribution in [0.1, 0.15) is 59.4 Å². The van der Waals surface area contributed by atoms with Crippen molar-refractivity contribution in [2.75, 3.05) is 6.61 Å². The Morgan fingerprint density at radius 3 is 1.89 bits per heavy atom. The van der Waals surface area contributed by atoms with Gasteiger partial charge in [-0.1, -0.05) is 30.3 Å². The number of esters is 2. The third kappa shape index (κ3) is 7.04. The average molecular weight is 378 g/mol. The van der Waals surface area contributed by atoms with Crippen molar-refractivity contribution in [2.45, 2.75) is 60.0 Å². The molecule has 1 aromatic rings. The van der Waals surface area contributed by atoms with Crippen molar-refractivity contribution in [1.82, 2.24) is 0 Å². The number of hydrogen-bond donors (Lipinski definition) is 1. The van der Waals surface area contributed by atoms with Crippen molar-refractivity contribution in [1.29, 1.82) is 0 Å². The summed E-state index contributed by atoms with van der Waals surface area (Å²) in [4.78, 5) is 36.1. The SMILES string of the molecule is CC(C)(C)C(=O)OCC[C@H](c1ccccc1)[C@H](OC(=O)C(C)(C)C)C(=O)O. The summed E-state index contributed by atoms with van der Waals surface area (Å²) in [5.41, 5.74) is -0.765. The van der Waals surface area contributed by atoms with E-state index >= 15 is 0 Å². The van der Waals surface area contributed by atoms with Gasteiger partial charge in [0.05, 0.1) is 17.4 Å². The second kappa shape index (κ2) is 9.02. The number of carbonyl (C=O) groups is 3. The zero-order valence-electron chi connectivity index (χ0n) is 16.9. The molecule has 0 bridgehead atoms. The minimum Gasteiger partial charge on any atom is -0.478 e. The van der Waals surface area contributed by atoms with Crippen LogP contribution in [-0.2, 0) is 23.9 Å². The first-order chi connectivity index (χ1) is 12.3. The molecule has 150 valence electrons. The van der Waals surface area contributed by atoms with Gasteiger partial charge in [0.15, 0.2) is 0 Å². The smallest absolute Gasteiger partial charge is 0.345 e. The standard InChI is InChI=1S/C21H30O6/c1-20(2,3)18(24)26-13-12-15(14-10-8-7-9-11-14)16(17(22)23)27-19(25)21(4,5)6/h7-11,15-16H,12-13H2,1-6H3,(H,22,23)/t15-,16+/m1/s1. The quantitative estimate of drug-likeness (QED) is 0.726. The van der Waals surface area contributed by atoms with Crippen molar-refractivity contribution in [3.8, 4) is 0 Å². The van der Waals surface area contributed by atoms with Crippen LogP contribution in [0.3, 0.4) is 0 Å². The van der Waals surface area contributed by atoms with Gasteiger partial charge in [0.1, 0.15) is 0 Å². The van der Waals surface area contributed by atoms with E-state index in [1.54, 1.807) is 65.8 Å². The molecule has 27 heavy (non-hydrogen) atoms. The molecule has 1 N–H and O–H groups in total. The van der Waals surface area contributed by atoms with E-state index in [9.17, 15) is 19.5 Å². The summed E-state index contributed by atoms with van der Waals surface area (Å²) in [6.45, 7) is 10.3. The zero-order chi connectivity index (χ0) is 20.8. The second-order valence-electron chi connectivity index (χ2n) is 8.61. The number of ether oxygens (including phenoxy) is 2. The Morgan fingerprint density at radius 2 is 1.44 bits per heavy atom. The Bertz CT molecular complexity index is 651. The molecule has 0 radical (unpaired) electrons. The van der Waals surface area contributed by atoms with Crippen LogP contribution in [0.25, 0.3) is 0 Å². The first-order valence-corrected chi connectivity index (χ1v) is 9.00. The van der Waals surface area contributed by atoms with Gasteiger partial charge in [-0.15, -0.1) is 0 Å². The van der Waals surface area contributed by atoms with E-state index < -0.39 is 34.8 Å². The predicted octanol–water partition coefficient (Wildman–Crippen LogP) is 3.79. The molecule has 2 atom stereocenters. The van der Waals surface area contributed by atoms with E-state index in [-0.39, 0.29) is 19.0 Å². The number of rotatable bonds is 7. The van der Waals surface area contributed by atoms with Crippen LogP contribution in [0.4, 0.5) is 0 Å². The number of carboxylic acids is 1. The molecular formula is C21H30O6. The van der Waals surface area contributed by atoms with Gasteiger partial charge < -0.3 is 14.6 Å². The molecule has 1 aromatic carbocycles. The van der Waals surface area contributed by atoms with Gasteiger partial charge in [-0.05, 0) is 53.5 Å². The van der Waals surface area contributed by atoms with Crippen LogP contribution >= 0.6 is 0 Å². The predicted molar refractivity (Wildman–Crippen MR) is 101 cm³/mol. The van der Waals surface area contributed by atoms with E-state index in [0.29, 0.717) is 5.56 Å². The Labute approximate surface area is 160 Å². The number of benzene rings is 1. The number of hydrogen-bond acceptors (Lipinski definition) is 5. The van der Waals surface area contributed by atoms with E-state index in [1.807, 2.05) is 6.07 Å². The van der Waals surface area contributed by atoms with Gasteiger partial charge in [0, 0.05) is 5.92 Å². The third-order valence-electron chi connectivity index (χ3n) is 3.96. The minimum atomic E-state index is -1.37. The molecule has 6 nitrogen and oxygen atoms in total. The molecule has 1 rings (SSSR count). The van der Waals surface area contributed by atoms with Gasteiger partial charge in [0.25, 0.3) is 0 Å². The van der Waals surface area contributed by atoms with E-state index in [2.05, 4.69) is 0 Å². The van der Waals surface area contributed by atoms with E-state index in [4.69, 9.17) is 9.47 Å². The van der Waals surface area contributed by atoms with Crippen molar-refractivity contribution in [3.63, 3.8) is 0 Å². The van der Waals surface area contributed by atoms with Crippen LogP contribution in [0.2, 0.25) is 0 Å². The van der Waals surface area contributed by atoms with E-state index in [0.717, 1.165) is 0 Å². The lowest BCUT2D eigenvalue weighted by Crippen LogP contribution is -2.37. The van der Waals surface area contributed by atoms with Crippen LogP contribution in [0.5, 0.6) is 0 Å². The fraction of sp³-hybridized carbons (Fsp3) is 0.571. The summed E-state index contributed by atoms with van der Waals surface area (Å²) in [6, 6.07) is 8.94. The summed E-state index contributed by atoms with van der Waals surface area (Å²) < 4.78 is 10.6. The second-order valence-corrected chi connectivity index (χ2v) is 8.61. The third-order valence-corrected chi connectivity index (χ3v) is 3.96. The number of carboxylic acid groups (broad SMARTS) is 1. The number of carbonyl (C=O) groups excluding carboxylic acids is 2. The summed E-state index contributed by atoms with van der Waals surface area (Å²) in [6.07, 6.45) is -1.15. The highest BCUT2D eigenvalue weighted by molar-refractivity contribution is 5.81. The summed E-state index contributed by atoms with van der Waals surface area (Å²) in [5, 5.41) is 9.67. The Morgan fingerprint density at radius 1 is 0.926 bits per heavy atom. The van der Waals surface area contributed by atoms with Crippen LogP contribution < -0.4 is 0 Å². The minimum absolute atomic E-state index is 0.0342. The molecule has 0 aliphatic heterocycles. The van der Waals surface area contributed by atoms with Gasteiger partial charge in [-0.25, -0.2) is 4.79 Å². The van der Waals surface area contributed by atoms with Gasteiger partial charge in [0.2, 0.25) is 6.10 Å². The number of aliphatic carboxylic acids is 1. The van der Waals surface area contributed by atoms with Crippen molar-refractivity contribution >= 4 is 17.9 Å². The molecule has 0 unspecified atom stereocenters. The zero-order valence-corrected chi connectivity index (χ0v) is 16.9. The molecule has 0 amide bonds. The average Bonchev–Trinajstić information content (AvgIpc) is 2.55. The molecule has 0 fully saturated rings. The van der Waals surface area contributed by atoms with Crippen molar-refractivity contribution in [3.05, 3.63) is 35.9 Å². The molecule has 0 aromatic heterocycles. The summed E-state index contributed by atoms with van der Waals surface area (Å²) >= 11 is 0. The van der Waals surface area contributed by atoms with Crippen molar-refractivity contribution in [2.24, 2.45) is 10.8 Å². The molecule has 0 aliphatic carbocycles. The highest BCUT2D eigenvalue weighted by atomic mass is 16.6. The first-order valence-electron chi connectivity index (χ1n) is 9.00. The molecule has 6 heteroatoms. The first kappa shape index (κ1) is 22.7. The fourth-order valence-electron chi connectivity index (χ4n) is 2.28. The summed E-state index contributed by atoms with van der Waals surface area (Å²) in [7, 11) is 0. The van der Waals surface area contributed by atoms with Crippen LogP contribution in [-0.4, -0.2) is 35.7 Å². The molecule has 0 spiro atoms. The Balaban J connectivity index is 3.03. The maximum Gasteiger partial charge on any atom is 0.345 e. The molecule has 0 saturated heterocycles. The summed E-state index contributed by atoms with van der Waals surface area (Å²) in [5.74, 6) is -2.83. The van der Waals surface area contributed by atoms with Gasteiger partial charge in [-0.3, -0.25) is 9.59 Å². The normalized spacial score (nSPS) is 14.1.